The zero-order chi connectivity index (χ0) is 26.8. The van der Waals surface area contributed by atoms with Crippen LogP contribution in [0.2, 0.25) is 25.7 Å². The lowest BCUT2D eigenvalue weighted by atomic mass is 9.95. The number of nitrogens with one attached hydrogen (secondary N) is 1. The second-order valence-corrected chi connectivity index (χ2v) is 16.4. The number of esters is 1. The highest BCUT2D eigenvalue weighted by Gasteiger charge is 2.37. The minimum atomic E-state index is -1.27. The van der Waals surface area contributed by atoms with Gasteiger partial charge in [-0.3, -0.25) is 19.2 Å². The van der Waals surface area contributed by atoms with Gasteiger partial charge in [0.05, 0.1) is 19.1 Å². The molecule has 0 aromatic rings. The molecule has 198 valence electrons. The Balaban J connectivity index is 4.95. The van der Waals surface area contributed by atoms with E-state index < -0.39 is 26.2 Å². The molecule has 3 amide bonds. The Kier molecular flexibility index (Phi) is 13.6. The van der Waals surface area contributed by atoms with Gasteiger partial charge in [-0.15, -0.1) is 0 Å². The smallest absolute Gasteiger partial charge is 0.307 e. The summed E-state index contributed by atoms with van der Waals surface area (Å²) in [5.41, 5.74) is 6.11. The van der Waals surface area contributed by atoms with Crippen molar-refractivity contribution >= 4 is 31.8 Å². The second kappa shape index (κ2) is 14.5. The number of rotatable bonds is 14. The summed E-state index contributed by atoms with van der Waals surface area (Å²) in [4.78, 5) is 53.3. The maximum absolute atomic E-state index is 13.3. The number of nitrogens with zero attached hydrogens (tertiary/aromatic N) is 2. The largest absolute Gasteiger partial charge is 0.466 e. The van der Waals surface area contributed by atoms with Gasteiger partial charge in [-0.2, -0.15) is 0 Å². The normalized spacial score (nSPS) is 15.2. The van der Waals surface area contributed by atoms with Gasteiger partial charge in [-0.1, -0.05) is 53.8 Å². The van der Waals surface area contributed by atoms with E-state index >= 15 is 0 Å². The van der Waals surface area contributed by atoms with Gasteiger partial charge in [0, 0.05) is 28.7 Å². The minimum Gasteiger partial charge on any atom is -0.466 e. The second-order valence-electron chi connectivity index (χ2n) is 10.7. The topological polar surface area (TPSA) is 122 Å². The molecule has 0 heterocycles. The highest BCUT2D eigenvalue weighted by molar-refractivity contribution is 6.76. The molecule has 3 N–H and O–H groups in total. The Hall–Kier alpha value is -1.94. The Morgan fingerprint density at radius 2 is 1.53 bits per heavy atom. The van der Waals surface area contributed by atoms with Crippen LogP contribution < -0.4 is 11.1 Å². The first kappa shape index (κ1) is 32.1. The molecule has 0 saturated heterocycles. The highest BCUT2D eigenvalue weighted by Crippen LogP contribution is 2.17. The van der Waals surface area contributed by atoms with Crippen LogP contribution in [0.3, 0.4) is 0 Å². The maximum Gasteiger partial charge on any atom is 0.307 e. The molecule has 34 heavy (non-hydrogen) atoms. The standard InChI is InChI=1S/C24H48N4O5Si/c1-11-17(4)20(25)23(31)28(7)21(16(2)3)24(32)27(6)18(5)22(30)26-13-12-19(29)33-14-15-34(8,9)10/h16-18,20-21H,11-15,25H2,1-10H3,(H,26,30)/t17-,18-,20-,21-/m0/s1. The van der Waals surface area contributed by atoms with Gasteiger partial charge in [-0.05, 0) is 24.8 Å². The van der Waals surface area contributed by atoms with Crippen molar-refractivity contribution in [3.63, 3.8) is 0 Å². The van der Waals surface area contributed by atoms with E-state index in [4.69, 9.17) is 10.5 Å². The average Bonchev–Trinajstić information content (AvgIpc) is 2.74. The number of carbonyl (C=O) groups excluding carboxylic acids is 4. The lowest BCUT2D eigenvalue weighted by Crippen LogP contribution is -2.58. The molecule has 0 saturated carbocycles. The van der Waals surface area contributed by atoms with Crippen molar-refractivity contribution in [1.29, 1.82) is 0 Å². The third kappa shape index (κ3) is 10.5. The van der Waals surface area contributed by atoms with Gasteiger partial charge in [0.25, 0.3) is 0 Å². The lowest BCUT2D eigenvalue weighted by Gasteiger charge is -2.36. The van der Waals surface area contributed by atoms with Gasteiger partial charge in [0.1, 0.15) is 12.1 Å². The lowest BCUT2D eigenvalue weighted by molar-refractivity contribution is -0.149. The van der Waals surface area contributed by atoms with Crippen molar-refractivity contribution in [2.45, 2.75) is 91.3 Å². The Bertz CT molecular complexity index is 695. The van der Waals surface area contributed by atoms with Crippen molar-refractivity contribution in [2.75, 3.05) is 27.2 Å². The monoisotopic (exact) mass is 500 g/mol. The van der Waals surface area contributed by atoms with Crippen LogP contribution in [-0.2, 0) is 23.9 Å². The maximum atomic E-state index is 13.3. The first-order valence-corrected chi connectivity index (χ1v) is 16.0. The van der Waals surface area contributed by atoms with E-state index in [0.717, 1.165) is 12.5 Å². The van der Waals surface area contributed by atoms with E-state index in [2.05, 4.69) is 25.0 Å². The van der Waals surface area contributed by atoms with E-state index in [9.17, 15) is 19.2 Å². The quantitative estimate of drug-likeness (QED) is 0.278. The molecule has 0 aromatic heterocycles. The molecule has 0 aliphatic rings. The summed E-state index contributed by atoms with van der Waals surface area (Å²) >= 11 is 0. The fraction of sp³-hybridized carbons (Fsp3) is 0.833. The molecule has 4 atom stereocenters. The number of hydrogen-bond donors (Lipinski definition) is 2. The van der Waals surface area contributed by atoms with Gasteiger partial charge in [0.2, 0.25) is 17.7 Å². The molecule has 0 unspecified atom stereocenters. The Morgan fingerprint density at radius 3 is 2.00 bits per heavy atom. The average molecular weight is 501 g/mol. The van der Waals surface area contributed by atoms with E-state index in [1.807, 2.05) is 27.7 Å². The van der Waals surface area contributed by atoms with Gasteiger partial charge in [0.15, 0.2) is 0 Å². The fourth-order valence-corrected chi connectivity index (χ4v) is 4.04. The minimum absolute atomic E-state index is 0.0116. The highest BCUT2D eigenvalue weighted by atomic mass is 28.3. The molecule has 0 fully saturated rings. The molecule has 0 rings (SSSR count). The Labute approximate surface area is 207 Å². The van der Waals surface area contributed by atoms with Crippen LogP contribution in [0.4, 0.5) is 0 Å². The fourth-order valence-electron chi connectivity index (χ4n) is 3.32. The summed E-state index contributed by atoms with van der Waals surface area (Å²) in [7, 11) is 1.85. The summed E-state index contributed by atoms with van der Waals surface area (Å²) in [6, 6.07) is -1.32. The molecule has 9 nitrogen and oxygen atoms in total. The zero-order valence-electron chi connectivity index (χ0n) is 22.9. The van der Waals surface area contributed by atoms with E-state index in [1.165, 1.54) is 9.80 Å². The van der Waals surface area contributed by atoms with Crippen molar-refractivity contribution in [2.24, 2.45) is 17.6 Å². The van der Waals surface area contributed by atoms with Crippen molar-refractivity contribution < 1.29 is 23.9 Å². The van der Waals surface area contributed by atoms with Crippen LogP contribution in [0.25, 0.3) is 0 Å². The van der Waals surface area contributed by atoms with Crippen LogP contribution in [-0.4, -0.2) is 86.9 Å². The summed E-state index contributed by atoms with van der Waals surface area (Å²) in [6.07, 6.45) is 0.825. The molecular formula is C24H48N4O5Si. The predicted octanol–water partition coefficient (Wildman–Crippen LogP) is 2.08. The molecule has 0 bridgehead atoms. The molecule has 10 heteroatoms. The first-order chi connectivity index (χ1) is 15.5. The van der Waals surface area contributed by atoms with Crippen LogP contribution in [0, 0.1) is 11.8 Å². The van der Waals surface area contributed by atoms with E-state index in [-0.39, 0.29) is 48.5 Å². The molecule has 0 spiro atoms. The number of amides is 3. The van der Waals surface area contributed by atoms with Crippen molar-refractivity contribution in [1.82, 2.24) is 15.1 Å². The number of carbonyl (C=O) groups is 4. The molecule has 0 aliphatic heterocycles. The number of hydrogen-bond acceptors (Lipinski definition) is 6. The molecule has 0 aliphatic carbocycles. The third-order valence-electron chi connectivity index (χ3n) is 6.24. The molecule has 0 aromatic carbocycles. The summed E-state index contributed by atoms with van der Waals surface area (Å²) in [5, 5.41) is 2.69. The molecule has 0 radical (unpaired) electrons. The number of likely N-dealkylation sites (N-methyl/N-ethyl adjacent to an activating group) is 2. The Morgan fingerprint density at radius 1 is 0.971 bits per heavy atom. The van der Waals surface area contributed by atoms with Crippen LogP contribution >= 0.6 is 0 Å². The van der Waals surface area contributed by atoms with Gasteiger partial charge < -0.3 is 25.6 Å². The SMILES string of the molecule is CC[C@H](C)[C@H](N)C(=O)N(C)[C@H](C(=O)N(C)[C@@H](C)C(=O)NCCC(=O)OCC[Si](C)(C)C)C(C)C. The van der Waals surface area contributed by atoms with E-state index in [1.54, 1.807) is 21.0 Å². The number of nitrogens with two attached hydrogens (primary N) is 1. The predicted molar refractivity (Wildman–Crippen MR) is 138 cm³/mol. The van der Waals surface area contributed by atoms with Crippen LogP contribution in [0.5, 0.6) is 0 Å². The van der Waals surface area contributed by atoms with E-state index in [0.29, 0.717) is 6.61 Å². The third-order valence-corrected chi connectivity index (χ3v) is 7.95. The van der Waals surface area contributed by atoms with Crippen molar-refractivity contribution in [3.8, 4) is 0 Å². The van der Waals surface area contributed by atoms with Crippen LogP contribution in [0.1, 0.15) is 47.5 Å². The number of ether oxygens (including phenoxy) is 1. The van der Waals surface area contributed by atoms with Crippen LogP contribution in [0.15, 0.2) is 0 Å². The zero-order valence-corrected chi connectivity index (χ0v) is 23.9. The summed E-state index contributed by atoms with van der Waals surface area (Å²) in [6.45, 7) is 16.3. The summed E-state index contributed by atoms with van der Waals surface area (Å²) < 4.78 is 5.23. The van der Waals surface area contributed by atoms with Crippen molar-refractivity contribution in [3.05, 3.63) is 0 Å². The first-order valence-electron chi connectivity index (χ1n) is 12.3. The van der Waals surface area contributed by atoms with Gasteiger partial charge in [-0.25, -0.2) is 0 Å². The molecular weight excluding hydrogens is 452 g/mol. The van der Waals surface area contributed by atoms with Gasteiger partial charge >= 0.3 is 5.97 Å². The summed E-state index contributed by atoms with van der Waals surface area (Å²) in [5.74, 6) is -1.54.